The van der Waals surface area contributed by atoms with Crippen LogP contribution in [0.5, 0.6) is 0 Å². The third-order valence-corrected chi connectivity index (χ3v) is 2.54. The molecule has 0 heterocycles. The second-order valence-corrected chi connectivity index (χ2v) is 4.08. The van der Waals surface area contributed by atoms with Crippen LogP contribution in [0.1, 0.15) is 27.2 Å². The zero-order chi connectivity index (χ0) is 9.40. The van der Waals surface area contributed by atoms with Crippen LogP contribution in [0.25, 0.3) is 0 Å². The summed E-state index contributed by atoms with van der Waals surface area (Å²) in [4.78, 5) is 0. The molecule has 0 aromatic heterocycles. The molecule has 0 saturated carbocycles. The molecule has 12 heavy (non-hydrogen) atoms. The Balaban J connectivity index is 3.77. The van der Waals surface area contributed by atoms with E-state index < -0.39 is 0 Å². The minimum absolute atomic E-state index is 0.578. The van der Waals surface area contributed by atoms with E-state index in [9.17, 15) is 0 Å². The van der Waals surface area contributed by atoms with Crippen molar-refractivity contribution in [2.45, 2.75) is 32.4 Å². The molecule has 0 aliphatic carbocycles. The molecule has 1 atom stereocenters. The lowest BCUT2D eigenvalue weighted by atomic mass is 10.2. The van der Waals surface area contributed by atoms with Gasteiger partial charge in [-0.25, -0.2) is 0 Å². The number of rotatable bonds is 5. The van der Waals surface area contributed by atoms with Crippen molar-refractivity contribution < 1.29 is 0 Å². The number of hydrogen-bond acceptors (Lipinski definition) is 1. The quantitative estimate of drug-likeness (QED) is 0.575. The molecule has 0 amide bonds. The number of hydrogen-bond donors (Lipinski definition) is 0. The molecule has 1 heteroatoms. The van der Waals surface area contributed by atoms with Crippen LogP contribution in [-0.2, 0) is 0 Å². The van der Waals surface area contributed by atoms with Crippen LogP contribution in [0.3, 0.4) is 0 Å². The average Bonchev–Trinajstić information content (AvgIpc) is 2.02. The first kappa shape index (κ1) is 11.6. The van der Waals surface area contributed by atoms with Gasteiger partial charge >= 0.3 is 0 Å². The van der Waals surface area contributed by atoms with Crippen LogP contribution in [0.2, 0.25) is 0 Å². The van der Waals surface area contributed by atoms with Gasteiger partial charge in [0.25, 0.3) is 0 Å². The molecule has 0 rings (SSSR count). The van der Waals surface area contributed by atoms with Gasteiger partial charge in [-0.3, -0.25) is 0 Å². The van der Waals surface area contributed by atoms with Crippen molar-refractivity contribution in [1.82, 2.24) is 0 Å². The predicted octanol–water partition coefficient (Wildman–Crippen LogP) is 4.16. The lowest BCUT2D eigenvalue weighted by Gasteiger charge is -2.01. The van der Waals surface area contributed by atoms with Gasteiger partial charge in [0, 0.05) is 5.25 Å². The molecule has 0 aromatic rings. The van der Waals surface area contributed by atoms with Crippen LogP contribution in [0, 0.1) is 0 Å². The van der Waals surface area contributed by atoms with E-state index in [1.54, 1.807) is 0 Å². The maximum Gasteiger partial charge on any atom is 0.0240 e. The van der Waals surface area contributed by atoms with Crippen molar-refractivity contribution in [3.63, 3.8) is 0 Å². The number of thioether (sulfide) groups is 1. The monoisotopic (exact) mass is 182 g/mol. The molecular weight excluding hydrogens is 164 g/mol. The zero-order valence-corrected chi connectivity index (χ0v) is 9.03. The molecule has 1 unspecified atom stereocenters. The van der Waals surface area contributed by atoms with Crippen molar-refractivity contribution >= 4 is 11.8 Å². The van der Waals surface area contributed by atoms with Gasteiger partial charge in [-0.05, 0) is 32.6 Å². The first-order valence-corrected chi connectivity index (χ1v) is 5.19. The summed E-state index contributed by atoms with van der Waals surface area (Å²) in [5.74, 6) is 0. The Morgan fingerprint density at radius 3 is 2.75 bits per heavy atom. The van der Waals surface area contributed by atoms with Crippen molar-refractivity contribution in [3.8, 4) is 0 Å². The fourth-order valence-corrected chi connectivity index (χ4v) is 1.61. The summed E-state index contributed by atoms with van der Waals surface area (Å²) in [6.45, 7) is 10.1. The highest BCUT2D eigenvalue weighted by Gasteiger charge is 1.93. The average molecular weight is 182 g/mol. The van der Waals surface area contributed by atoms with Crippen molar-refractivity contribution in [3.05, 3.63) is 35.8 Å². The van der Waals surface area contributed by atoms with E-state index in [2.05, 4.69) is 44.9 Å². The molecule has 0 nitrogen and oxygen atoms in total. The van der Waals surface area contributed by atoms with E-state index >= 15 is 0 Å². The lowest BCUT2D eigenvalue weighted by molar-refractivity contribution is 1.22. The second-order valence-electron chi connectivity index (χ2n) is 2.82. The van der Waals surface area contributed by atoms with E-state index in [1.807, 2.05) is 17.8 Å². The van der Waals surface area contributed by atoms with Crippen LogP contribution in [-0.4, -0.2) is 5.25 Å². The van der Waals surface area contributed by atoms with E-state index in [-0.39, 0.29) is 0 Å². The molecule has 0 aliphatic rings. The maximum atomic E-state index is 3.70. The Morgan fingerprint density at radius 2 is 2.25 bits per heavy atom. The third kappa shape index (κ3) is 6.29. The van der Waals surface area contributed by atoms with E-state index in [0.717, 1.165) is 6.42 Å². The van der Waals surface area contributed by atoms with E-state index in [4.69, 9.17) is 0 Å². The molecule has 0 aliphatic heterocycles. The van der Waals surface area contributed by atoms with Crippen LogP contribution < -0.4 is 0 Å². The Bertz CT molecular complexity index is 177. The second kappa shape index (κ2) is 7.23. The third-order valence-electron chi connectivity index (χ3n) is 1.41. The van der Waals surface area contributed by atoms with E-state index in [1.165, 1.54) is 5.57 Å². The highest BCUT2D eigenvalue weighted by molar-refractivity contribution is 8.02. The van der Waals surface area contributed by atoms with E-state index in [0.29, 0.717) is 5.25 Å². The fourth-order valence-electron chi connectivity index (χ4n) is 0.816. The van der Waals surface area contributed by atoms with Crippen LogP contribution >= 0.6 is 11.8 Å². The normalized spacial score (nSPS) is 15.1. The zero-order valence-electron chi connectivity index (χ0n) is 8.21. The van der Waals surface area contributed by atoms with Crippen molar-refractivity contribution in [2.24, 2.45) is 0 Å². The molecular formula is C11H18S. The van der Waals surface area contributed by atoms with Crippen LogP contribution in [0.15, 0.2) is 35.8 Å². The predicted molar refractivity (Wildman–Crippen MR) is 60.4 cm³/mol. The smallest absolute Gasteiger partial charge is 0.0240 e. The van der Waals surface area contributed by atoms with Gasteiger partial charge in [0.2, 0.25) is 0 Å². The summed E-state index contributed by atoms with van der Waals surface area (Å²) >= 11 is 1.85. The van der Waals surface area contributed by atoms with Gasteiger partial charge in [-0.1, -0.05) is 23.8 Å². The Labute approximate surface area is 80.4 Å². The van der Waals surface area contributed by atoms with Crippen LogP contribution in [0.4, 0.5) is 0 Å². The van der Waals surface area contributed by atoms with Gasteiger partial charge in [0.05, 0.1) is 0 Å². The molecule has 0 N–H and O–H groups in total. The first-order valence-electron chi connectivity index (χ1n) is 4.25. The topological polar surface area (TPSA) is 0 Å². The number of allylic oxidation sites excluding steroid dienone is 3. The summed E-state index contributed by atoms with van der Waals surface area (Å²) in [6.07, 6.45) is 7.22. The van der Waals surface area contributed by atoms with Gasteiger partial charge < -0.3 is 0 Å². The van der Waals surface area contributed by atoms with Gasteiger partial charge in [-0.2, -0.15) is 0 Å². The molecule has 0 spiro atoms. The summed E-state index contributed by atoms with van der Waals surface area (Å²) in [5.41, 5.74) is 1.38. The first-order chi connectivity index (χ1) is 5.70. The Kier molecular flexibility index (Phi) is 6.97. The molecule has 0 radical (unpaired) electrons. The minimum atomic E-state index is 0.578. The van der Waals surface area contributed by atoms with Crippen molar-refractivity contribution in [1.29, 1.82) is 0 Å². The fraction of sp³-hybridized carbons (Fsp3) is 0.455. The molecule has 0 aromatic carbocycles. The molecule has 0 fully saturated rings. The Hall–Kier alpha value is -0.430. The van der Waals surface area contributed by atoms with Gasteiger partial charge in [-0.15, -0.1) is 18.3 Å². The largest absolute Gasteiger partial charge is 0.127 e. The lowest BCUT2D eigenvalue weighted by Crippen LogP contribution is -1.86. The maximum absolute atomic E-state index is 3.70. The standard InChI is InChI=1S/C11H18S/c1-5-7-10(3)9-12-11(4)8-6-2/h5-6,8-9,11H,1,7H2,2-4H3/b8-6-,10-9-. The minimum Gasteiger partial charge on any atom is -0.127 e. The van der Waals surface area contributed by atoms with Crippen molar-refractivity contribution in [2.75, 3.05) is 0 Å². The summed E-state index contributed by atoms with van der Waals surface area (Å²) in [7, 11) is 0. The van der Waals surface area contributed by atoms with Gasteiger partial charge in [0.1, 0.15) is 0 Å². The summed E-state index contributed by atoms with van der Waals surface area (Å²) < 4.78 is 0. The summed E-state index contributed by atoms with van der Waals surface area (Å²) in [5, 5.41) is 2.79. The van der Waals surface area contributed by atoms with Gasteiger partial charge in [0.15, 0.2) is 0 Å². The summed E-state index contributed by atoms with van der Waals surface area (Å²) in [6, 6.07) is 0. The molecule has 0 saturated heterocycles. The molecule has 68 valence electrons. The highest BCUT2D eigenvalue weighted by atomic mass is 32.2. The molecule has 0 bridgehead atoms. The highest BCUT2D eigenvalue weighted by Crippen LogP contribution is 2.16. The Morgan fingerprint density at radius 1 is 1.58 bits per heavy atom. The SMILES string of the molecule is C=CC/C(C)=C\SC(C)/C=C\C.